The van der Waals surface area contributed by atoms with Gasteiger partial charge in [-0.15, -0.1) is 0 Å². The first-order valence-electron chi connectivity index (χ1n) is 3.90. The Morgan fingerprint density at radius 2 is 2.25 bits per heavy atom. The maximum atomic E-state index is 13.0. The van der Waals surface area contributed by atoms with E-state index in [1.165, 1.54) is 4.90 Å². The van der Waals surface area contributed by atoms with Crippen LogP contribution >= 0.6 is 0 Å². The second kappa shape index (κ2) is 2.37. The maximum Gasteiger partial charge on any atom is 0.287 e. The third-order valence-corrected chi connectivity index (χ3v) is 2.54. The van der Waals surface area contributed by atoms with Crippen molar-refractivity contribution in [3.63, 3.8) is 0 Å². The zero-order valence-corrected chi connectivity index (χ0v) is 6.70. The number of halogens is 2. The fraction of sp³-hybridized carbons (Fsp3) is 1.00. The Hall–Kier alpha value is -0.260. The van der Waals surface area contributed by atoms with Crippen LogP contribution in [0.15, 0.2) is 0 Å². The number of aliphatic hydroxyl groups excluding tert-OH is 1. The molecule has 0 amide bonds. The quantitative estimate of drug-likeness (QED) is 0.554. The summed E-state index contributed by atoms with van der Waals surface area (Å²) in [6, 6.07) is -0.528. The van der Waals surface area contributed by atoms with Crippen LogP contribution in [0.25, 0.3) is 0 Å². The molecule has 2 fully saturated rings. The van der Waals surface area contributed by atoms with Crippen LogP contribution in [0, 0.1) is 0 Å². The molecule has 2 rings (SSSR count). The minimum absolute atomic E-state index is 0.0231. The first-order chi connectivity index (χ1) is 5.52. The molecule has 0 aromatic rings. The summed E-state index contributed by atoms with van der Waals surface area (Å²) in [5, 5.41) is 9.30. The molecule has 0 radical (unpaired) electrons. The van der Waals surface area contributed by atoms with Crippen LogP contribution in [-0.4, -0.2) is 54.4 Å². The van der Waals surface area contributed by atoms with E-state index in [9.17, 15) is 13.9 Å². The van der Waals surface area contributed by atoms with E-state index < -0.39 is 24.2 Å². The fourth-order valence-electron chi connectivity index (χ4n) is 2.03. The van der Waals surface area contributed by atoms with Crippen molar-refractivity contribution in [2.24, 2.45) is 0 Å². The maximum absolute atomic E-state index is 13.0. The average Bonchev–Trinajstić information content (AvgIpc) is 2.38. The predicted molar refractivity (Wildman–Crippen MR) is 37.1 cm³/mol. The van der Waals surface area contributed by atoms with Crippen molar-refractivity contribution in [3.05, 3.63) is 0 Å². The number of alkyl halides is 2. The van der Waals surface area contributed by atoms with Gasteiger partial charge in [0, 0.05) is 0 Å². The predicted octanol–water partition coefficient (Wildman–Crippen LogP) is -0.305. The van der Waals surface area contributed by atoms with E-state index >= 15 is 0 Å². The minimum Gasteiger partial charge on any atom is -0.389 e. The molecule has 3 nitrogen and oxygen atoms in total. The Labute approximate surface area is 68.9 Å². The van der Waals surface area contributed by atoms with Crippen molar-refractivity contribution in [3.8, 4) is 0 Å². The number of likely N-dealkylation sites (tertiary alicyclic amines) is 1. The lowest BCUT2D eigenvalue weighted by molar-refractivity contribution is -0.0925. The number of ether oxygens (including phenoxy) is 1. The molecule has 1 N–H and O–H groups in total. The van der Waals surface area contributed by atoms with Crippen LogP contribution in [0.2, 0.25) is 0 Å². The lowest BCUT2D eigenvalue weighted by atomic mass is 10.1. The largest absolute Gasteiger partial charge is 0.389 e. The van der Waals surface area contributed by atoms with Gasteiger partial charge >= 0.3 is 0 Å². The second-order valence-electron chi connectivity index (χ2n) is 3.49. The molecule has 1 unspecified atom stereocenters. The van der Waals surface area contributed by atoms with Crippen LogP contribution in [0.5, 0.6) is 0 Å². The molecule has 0 aromatic carbocycles. The minimum atomic E-state index is -2.81. The number of hydrogen-bond acceptors (Lipinski definition) is 3. The van der Waals surface area contributed by atoms with Gasteiger partial charge in [0.05, 0.1) is 25.3 Å². The lowest BCUT2D eigenvalue weighted by Crippen LogP contribution is -2.38. The topological polar surface area (TPSA) is 32.7 Å². The molecular formula is C7H11F2NO2. The van der Waals surface area contributed by atoms with Crippen LogP contribution in [0.3, 0.4) is 0 Å². The van der Waals surface area contributed by atoms with Gasteiger partial charge < -0.3 is 9.84 Å². The molecule has 2 heterocycles. The third-order valence-electron chi connectivity index (χ3n) is 2.54. The summed E-state index contributed by atoms with van der Waals surface area (Å²) in [6.07, 6.45) is -1.88. The zero-order valence-electron chi connectivity index (χ0n) is 6.70. The molecule has 2 aliphatic heterocycles. The van der Waals surface area contributed by atoms with Crippen LogP contribution in [-0.2, 0) is 4.74 Å². The van der Waals surface area contributed by atoms with E-state index in [0.29, 0.717) is 0 Å². The van der Waals surface area contributed by atoms with E-state index in [1.807, 2.05) is 0 Å². The number of fused-ring (bicyclic) bond motifs is 1. The highest BCUT2D eigenvalue weighted by atomic mass is 19.3. The Kier molecular flexibility index (Phi) is 1.65. The number of hydrogen-bond donors (Lipinski definition) is 1. The highest BCUT2D eigenvalue weighted by Crippen LogP contribution is 2.38. The fourth-order valence-corrected chi connectivity index (χ4v) is 2.03. The highest BCUT2D eigenvalue weighted by molar-refractivity contribution is 5.05. The summed E-state index contributed by atoms with van der Waals surface area (Å²) < 4.78 is 30.9. The summed E-state index contributed by atoms with van der Waals surface area (Å²) in [7, 11) is 1.58. The zero-order chi connectivity index (χ0) is 8.93. The van der Waals surface area contributed by atoms with Crippen molar-refractivity contribution >= 4 is 0 Å². The summed E-state index contributed by atoms with van der Waals surface area (Å²) >= 11 is 0. The molecule has 0 aromatic heterocycles. The summed E-state index contributed by atoms with van der Waals surface area (Å²) in [6.45, 7) is -0.297. The van der Waals surface area contributed by atoms with Gasteiger partial charge in [-0.3, -0.25) is 4.90 Å². The average molecular weight is 179 g/mol. The van der Waals surface area contributed by atoms with Crippen molar-refractivity contribution in [1.29, 1.82) is 0 Å². The Balaban J connectivity index is 2.23. The van der Waals surface area contributed by atoms with Crippen molar-refractivity contribution in [1.82, 2.24) is 4.90 Å². The molecule has 2 aliphatic rings. The van der Waals surface area contributed by atoms with Gasteiger partial charge in [-0.05, 0) is 7.05 Å². The van der Waals surface area contributed by atoms with Crippen LogP contribution in [0.4, 0.5) is 8.78 Å². The summed E-state index contributed by atoms with van der Waals surface area (Å²) in [5.41, 5.74) is 0. The number of likely N-dealkylation sites (N-methyl/N-ethyl adjacent to an activating group) is 1. The molecule has 0 spiro atoms. The normalized spacial score (nSPS) is 46.5. The van der Waals surface area contributed by atoms with Gasteiger partial charge in [-0.2, -0.15) is 0 Å². The van der Waals surface area contributed by atoms with Crippen molar-refractivity contribution < 1.29 is 18.6 Å². The Morgan fingerprint density at radius 3 is 2.83 bits per heavy atom. The van der Waals surface area contributed by atoms with Crippen molar-refractivity contribution in [2.45, 2.75) is 24.2 Å². The third kappa shape index (κ3) is 0.967. The molecule has 2 saturated heterocycles. The standard InChI is InChI=1S/C7H11F2NO2/c1-10-3-7(8,9)6-5(10)4(11)2-12-6/h4-6,11H,2-3H2,1H3/t4?,5-,6+/m1/s1. The molecule has 12 heavy (non-hydrogen) atoms. The number of rotatable bonds is 0. The molecule has 0 bridgehead atoms. The SMILES string of the molecule is CN1CC(F)(F)[C@H]2OCC(O)[C@H]21. The van der Waals surface area contributed by atoms with Gasteiger partial charge in [0.15, 0.2) is 0 Å². The molecule has 5 heteroatoms. The van der Waals surface area contributed by atoms with E-state index in [0.717, 1.165) is 0 Å². The lowest BCUT2D eigenvalue weighted by Gasteiger charge is -2.18. The Bertz CT molecular complexity index is 200. The Morgan fingerprint density at radius 1 is 1.58 bits per heavy atom. The second-order valence-corrected chi connectivity index (χ2v) is 3.49. The first-order valence-corrected chi connectivity index (χ1v) is 3.90. The van der Waals surface area contributed by atoms with E-state index in [2.05, 4.69) is 0 Å². The summed E-state index contributed by atoms with van der Waals surface area (Å²) in [5.74, 6) is -2.81. The van der Waals surface area contributed by atoms with Gasteiger partial charge in [-0.1, -0.05) is 0 Å². The molecule has 3 atom stereocenters. The van der Waals surface area contributed by atoms with E-state index in [-0.39, 0.29) is 13.2 Å². The van der Waals surface area contributed by atoms with Crippen LogP contribution < -0.4 is 0 Å². The monoisotopic (exact) mass is 179 g/mol. The molecule has 0 aliphatic carbocycles. The summed E-state index contributed by atoms with van der Waals surface area (Å²) in [4.78, 5) is 1.46. The van der Waals surface area contributed by atoms with Crippen molar-refractivity contribution in [2.75, 3.05) is 20.2 Å². The van der Waals surface area contributed by atoms with E-state index in [1.54, 1.807) is 7.05 Å². The number of nitrogens with zero attached hydrogens (tertiary/aromatic N) is 1. The first kappa shape index (κ1) is 8.34. The van der Waals surface area contributed by atoms with Gasteiger partial charge in [0.25, 0.3) is 5.92 Å². The van der Waals surface area contributed by atoms with Gasteiger partial charge in [0.1, 0.15) is 6.10 Å². The smallest absolute Gasteiger partial charge is 0.287 e. The molecular weight excluding hydrogens is 168 g/mol. The van der Waals surface area contributed by atoms with Crippen LogP contribution in [0.1, 0.15) is 0 Å². The molecule has 0 saturated carbocycles. The van der Waals surface area contributed by atoms with E-state index in [4.69, 9.17) is 4.74 Å². The van der Waals surface area contributed by atoms with Gasteiger partial charge in [0.2, 0.25) is 0 Å². The highest BCUT2D eigenvalue weighted by Gasteiger charge is 2.59. The number of aliphatic hydroxyl groups is 1. The molecule has 70 valence electrons. The van der Waals surface area contributed by atoms with Gasteiger partial charge in [-0.25, -0.2) is 8.78 Å².